The van der Waals surface area contributed by atoms with Crippen molar-refractivity contribution in [2.75, 3.05) is 13.2 Å². The maximum atomic E-state index is 12.7. The average Bonchev–Trinajstić information content (AvgIpc) is 2.88. The number of nitrogens with one attached hydrogen (secondary N) is 2. The van der Waals surface area contributed by atoms with Crippen LogP contribution in [0.3, 0.4) is 0 Å². The molecule has 0 radical (unpaired) electrons. The maximum Gasteiger partial charge on any atom is 0.408 e. The van der Waals surface area contributed by atoms with E-state index in [1.165, 1.54) is 0 Å². The zero-order chi connectivity index (χ0) is 29.0. The van der Waals surface area contributed by atoms with Crippen molar-refractivity contribution >= 4 is 57.0 Å². The van der Waals surface area contributed by atoms with Gasteiger partial charge in [-0.2, -0.15) is 0 Å². The number of aliphatic carboxylic acids is 1. The number of esters is 1. The van der Waals surface area contributed by atoms with Gasteiger partial charge in [0.25, 0.3) is 0 Å². The Morgan fingerprint density at radius 1 is 1.03 bits per heavy atom. The van der Waals surface area contributed by atoms with Gasteiger partial charge < -0.3 is 19.9 Å². The van der Waals surface area contributed by atoms with Gasteiger partial charge in [0.1, 0.15) is 11.5 Å². The highest BCUT2D eigenvalue weighted by molar-refractivity contribution is 7.89. The number of amides is 1. The fourth-order valence-corrected chi connectivity index (χ4v) is 5.17. The quantitative estimate of drug-likeness (QED) is 0.202. The lowest BCUT2D eigenvalue weighted by Gasteiger charge is -2.17. The molecular formula is C25H28Cl2N2O9S. The molecule has 0 aliphatic heterocycles. The van der Waals surface area contributed by atoms with Crippen LogP contribution in [0.5, 0.6) is 0 Å². The van der Waals surface area contributed by atoms with Crippen molar-refractivity contribution in [3.8, 4) is 0 Å². The summed E-state index contributed by atoms with van der Waals surface area (Å²) in [5, 5.41) is 10.6. The summed E-state index contributed by atoms with van der Waals surface area (Å²) in [5.41, 5.74) is 0.218. The van der Waals surface area contributed by atoms with Gasteiger partial charge in [0.05, 0.1) is 21.7 Å². The zero-order valence-corrected chi connectivity index (χ0v) is 23.3. The summed E-state index contributed by atoms with van der Waals surface area (Å²) in [6.07, 6.45) is -0.418. The number of unbranched alkanes of at least 4 members (excludes halogenated alkanes) is 1. The molecule has 1 atom stereocenters. The van der Waals surface area contributed by atoms with Crippen molar-refractivity contribution in [3.05, 3.63) is 63.6 Å². The van der Waals surface area contributed by atoms with Crippen LogP contribution in [0.2, 0.25) is 10.0 Å². The molecule has 3 N–H and O–H groups in total. The van der Waals surface area contributed by atoms with Gasteiger partial charge in [-0.25, -0.2) is 22.7 Å². The highest BCUT2D eigenvalue weighted by Crippen LogP contribution is 2.31. The molecule has 0 fully saturated rings. The molecule has 0 aliphatic carbocycles. The second kappa shape index (κ2) is 15.4. The van der Waals surface area contributed by atoms with Gasteiger partial charge in [0, 0.05) is 13.0 Å². The molecule has 0 aliphatic rings. The second-order valence-corrected chi connectivity index (χ2v) is 10.7. The number of carbonyl (C=O) groups excluding carboxylic acids is 3. The minimum Gasteiger partial charge on any atom is -0.481 e. The number of carbonyl (C=O) groups is 4. The number of rotatable bonds is 15. The number of ketones is 1. The summed E-state index contributed by atoms with van der Waals surface area (Å²) in [4.78, 5) is 48.3. The molecule has 0 saturated heterocycles. The molecule has 0 heterocycles. The summed E-state index contributed by atoms with van der Waals surface area (Å²) >= 11 is 12.3. The van der Waals surface area contributed by atoms with Gasteiger partial charge in [-0.3, -0.25) is 9.59 Å². The summed E-state index contributed by atoms with van der Waals surface area (Å²) < 4.78 is 37.6. The molecule has 1 amide bonds. The van der Waals surface area contributed by atoms with E-state index in [0.717, 1.165) is 18.6 Å². The van der Waals surface area contributed by atoms with Gasteiger partial charge in [0.15, 0.2) is 12.4 Å². The molecule has 2 aromatic rings. The smallest absolute Gasteiger partial charge is 0.408 e. The Balaban J connectivity index is 2.10. The van der Waals surface area contributed by atoms with Crippen molar-refractivity contribution in [1.82, 2.24) is 10.0 Å². The Labute approximate surface area is 235 Å². The van der Waals surface area contributed by atoms with Crippen molar-refractivity contribution in [1.29, 1.82) is 0 Å². The van der Waals surface area contributed by atoms with Crippen LogP contribution in [0.4, 0.5) is 4.79 Å². The number of Topliss-reactive ketones (excluding diaryl/α,β-unsaturated/α-hetero) is 1. The number of hydrogen-bond donors (Lipinski definition) is 3. The van der Waals surface area contributed by atoms with E-state index >= 15 is 0 Å². The van der Waals surface area contributed by atoms with E-state index in [0.29, 0.717) is 12.0 Å². The van der Waals surface area contributed by atoms with Gasteiger partial charge in [-0.15, -0.1) is 0 Å². The Morgan fingerprint density at radius 3 is 2.36 bits per heavy atom. The Morgan fingerprint density at radius 2 is 1.72 bits per heavy atom. The number of carboxylic acids is 1. The van der Waals surface area contributed by atoms with Crippen LogP contribution in [0, 0.1) is 0 Å². The number of hydrogen-bond acceptors (Lipinski definition) is 8. The SMILES string of the molecule is CCCCNS(=O)(=O)c1ccc(Cl)c(C(=O)OCC(=O)[C@H](CCC(=O)O)NC(=O)OCc2ccccc2)c1Cl. The molecule has 14 heteroatoms. The van der Waals surface area contributed by atoms with Gasteiger partial charge in [-0.05, 0) is 30.5 Å². The molecule has 0 aromatic heterocycles. The van der Waals surface area contributed by atoms with Gasteiger partial charge in [0.2, 0.25) is 10.0 Å². The molecule has 0 spiro atoms. The predicted molar refractivity (Wildman–Crippen MR) is 142 cm³/mol. The lowest BCUT2D eigenvalue weighted by Crippen LogP contribution is -2.43. The topological polar surface area (TPSA) is 165 Å². The number of carboxylic acid groups (broad SMARTS) is 1. The highest BCUT2D eigenvalue weighted by atomic mass is 35.5. The first-order valence-electron chi connectivity index (χ1n) is 11.8. The highest BCUT2D eigenvalue weighted by Gasteiger charge is 2.28. The number of benzene rings is 2. The van der Waals surface area contributed by atoms with Crippen LogP contribution >= 0.6 is 23.2 Å². The summed E-state index contributed by atoms with van der Waals surface area (Å²) in [7, 11) is -4.07. The first-order valence-corrected chi connectivity index (χ1v) is 14.1. The van der Waals surface area contributed by atoms with Crippen molar-refractivity contribution in [2.45, 2.75) is 50.2 Å². The summed E-state index contributed by atoms with van der Waals surface area (Å²) in [6, 6.07) is 9.65. The van der Waals surface area contributed by atoms with E-state index in [9.17, 15) is 27.6 Å². The molecule has 39 heavy (non-hydrogen) atoms. The normalized spacial score (nSPS) is 11.9. The lowest BCUT2D eigenvalue weighted by molar-refractivity contribution is -0.137. The standard InChI is InChI=1S/C25H28Cl2N2O9S/c1-2-3-13-28-39(35,36)20-11-9-17(26)22(23(20)27)24(33)37-15-19(30)18(10-12-21(31)32)29-25(34)38-14-16-7-5-4-6-8-16/h4-9,11,18,28H,2-3,10,12-15H2,1H3,(H,29,34)(H,31,32)/t18-/m0/s1. The van der Waals surface area contributed by atoms with E-state index in [1.54, 1.807) is 30.3 Å². The van der Waals surface area contributed by atoms with E-state index in [4.69, 9.17) is 37.8 Å². The average molecular weight is 603 g/mol. The Hall–Kier alpha value is -3.19. The fraction of sp³-hybridized carbons (Fsp3) is 0.360. The van der Waals surface area contributed by atoms with Crippen LogP contribution < -0.4 is 10.0 Å². The van der Waals surface area contributed by atoms with Gasteiger partial charge >= 0.3 is 18.0 Å². The van der Waals surface area contributed by atoms with Crippen LogP contribution in [-0.4, -0.2) is 56.5 Å². The molecule has 0 saturated carbocycles. The van der Waals surface area contributed by atoms with E-state index < -0.39 is 68.4 Å². The summed E-state index contributed by atoms with van der Waals surface area (Å²) in [5.74, 6) is -3.24. The first kappa shape index (κ1) is 32.0. The predicted octanol–water partition coefficient (Wildman–Crippen LogP) is 3.96. The molecule has 2 rings (SSSR count). The van der Waals surface area contributed by atoms with E-state index in [-0.39, 0.29) is 24.6 Å². The first-order chi connectivity index (χ1) is 18.5. The minimum absolute atomic E-state index is 0.0922. The monoisotopic (exact) mass is 602 g/mol. The van der Waals surface area contributed by atoms with Crippen LogP contribution in [0.1, 0.15) is 48.5 Å². The molecular weight excluding hydrogens is 575 g/mol. The van der Waals surface area contributed by atoms with Crippen LogP contribution in [0.25, 0.3) is 0 Å². The number of ether oxygens (including phenoxy) is 2. The minimum atomic E-state index is -4.07. The molecule has 0 bridgehead atoms. The number of sulfonamides is 1. The zero-order valence-electron chi connectivity index (χ0n) is 20.9. The Bertz CT molecular complexity index is 1290. The number of alkyl carbamates (subject to hydrolysis) is 1. The largest absolute Gasteiger partial charge is 0.481 e. The van der Waals surface area contributed by atoms with Crippen molar-refractivity contribution in [3.63, 3.8) is 0 Å². The van der Waals surface area contributed by atoms with E-state index in [1.807, 2.05) is 6.92 Å². The third-order valence-corrected chi connectivity index (χ3v) is 7.58. The molecule has 11 nitrogen and oxygen atoms in total. The number of halogens is 2. The van der Waals surface area contributed by atoms with Crippen molar-refractivity contribution < 1.29 is 42.2 Å². The molecule has 212 valence electrons. The fourth-order valence-electron chi connectivity index (χ4n) is 3.19. The lowest BCUT2D eigenvalue weighted by atomic mass is 10.1. The van der Waals surface area contributed by atoms with Crippen molar-refractivity contribution in [2.24, 2.45) is 0 Å². The second-order valence-electron chi connectivity index (χ2n) is 8.22. The summed E-state index contributed by atoms with van der Waals surface area (Å²) in [6.45, 7) is 1.06. The maximum absolute atomic E-state index is 12.7. The molecule has 0 unspecified atom stereocenters. The molecule has 2 aromatic carbocycles. The Kier molecular flexibility index (Phi) is 12.7. The van der Waals surface area contributed by atoms with E-state index in [2.05, 4.69) is 10.0 Å². The third kappa shape index (κ3) is 10.1. The third-order valence-electron chi connectivity index (χ3n) is 5.26. The van der Waals surface area contributed by atoms with Crippen LogP contribution in [0.15, 0.2) is 47.4 Å². The van der Waals surface area contributed by atoms with Gasteiger partial charge in [-0.1, -0.05) is 66.9 Å². The van der Waals surface area contributed by atoms with Crippen LogP contribution in [-0.2, 0) is 35.7 Å².